The van der Waals surface area contributed by atoms with Gasteiger partial charge in [0, 0.05) is 29.8 Å². The SMILES string of the molecule is COc1ccc2cc(-c3ccc(NC(C)=O)cc3)ncc2c1O. The maximum atomic E-state index is 11.0. The van der Waals surface area contributed by atoms with Crippen molar-refractivity contribution in [1.82, 2.24) is 4.98 Å². The number of hydrogen-bond acceptors (Lipinski definition) is 4. The molecule has 0 aliphatic heterocycles. The lowest BCUT2D eigenvalue weighted by Crippen LogP contribution is -2.05. The highest BCUT2D eigenvalue weighted by molar-refractivity contribution is 5.92. The largest absolute Gasteiger partial charge is 0.504 e. The van der Waals surface area contributed by atoms with Crippen molar-refractivity contribution in [1.29, 1.82) is 0 Å². The van der Waals surface area contributed by atoms with Gasteiger partial charge in [-0.1, -0.05) is 18.2 Å². The van der Waals surface area contributed by atoms with Crippen LogP contribution in [-0.2, 0) is 4.79 Å². The van der Waals surface area contributed by atoms with Gasteiger partial charge in [-0.05, 0) is 29.7 Å². The van der Waals surface area contributed by atoms with Crippen LogP contribution < -0.4 is 10.1 Å². The number of aromatic nitrogens is 1. The van der Waals surface area contributed by atoms with Crippen LogP contribution in [0.25, 0.3) is 22.0 Å². The average molecular weight is 308 g/mol. The molecule has 0 aliphatic carbocycles. The van der Waals surface area contributed by atoms with Crippen molar-refractivity contribution in [3.63, 3.8) is 0 Å². The highest BCUT2D eigenvalue weighted by Gasteiger charge is 2.09. The maximum absolute atomic E-state index is 11.0. The number of aromatic hydroxyl groups is 1. The maximum Gasteiger partial charge on any atom is 0.221 e. The van der Waals surface area contributed by atoms with E-state index < -0.39 is 0 Å². The number of hydrogen-bond donors (Lipinski definition) is 2. The first kappa shape index (κ1) is 14.8. The molecule has 0 fully saturated rings. The predicted molar refractivity (Wildman–Crippen MR) is 89.7 cm³/mol. The van der Waals surface area contributed by atoms with Gasteiger partial charge in [-0.15, -0.1) is 0 Å². The van der Waals surface area contributed by atoms with E-state index in [2.05, 4.69) is 10.3 Å². The predicted octanol–water partition coefficient (Wildman–Crippen LogP) is 3.57. The summed E-state index contributed by atoms with van der Waals surface area (Å²) < 4.78 is 5.10. The molecule has 0 bridgehead atoms. The Morgan fingerprint density at radius 2 is 1.91 bits per heavy atom. The fraction of sp³-hybridized carbons (Fsp3) is 0.111. The zero-order chi connectivity index (χ0) is 16.4. The summed E-state index contributed by atoms with van der Waals surface area (Å²) in [6.45, 7) is 1.47. The summed E-state index contributed by atoms with van der Waals surface area (Å²) in [5.74, 6) is 0.405. The molecule has 2 N–H and O–H groups in total. The van der Waals surface area contributed by atoms with Crippen LogP contribution in [0.15, 0.2) is 48.7 Å². The summed E-state index contributed by atoms with van der Waals surface area (Å²) in [6.07, 6.45) is 1.63. The minimum absolute atomic E-state index is 0.0880. The molecular weight excluding hydrogens is 292 g/mol. The van der Waals surface area contributed by atoms with Gasteiger partial charge in [-0.25, -0.2) is 0 Å². The van der Waals surface area contributed by atoms with Gasteiger partial charge in [-0.2, -0.15) is 0 Å². The van der Waals surface area contributed by atoms with Crippen LogP contribution in [-0.4, -0.2) is 23.1 Å². The Bertz CT molecular complexity index is 873. The van der Waals surface area contributed by atoms with E-state index in [1.165, 1.54) is 14.0 Å². The van der Waals surface area contributed by atoms with Crippen molar-refractivity contribution < 1.29 is 14.6 Å². The van der Waals surface area contributed by atoms with Crippen LogP contribution in [0, 0.1) is 0 Å². The highest BCUT2D eigenvalue weighted by Crippen LogP contribution is 2.35. The summed E-state index contributed by atoms with van der Waals surface area (Å²) in [7, 11) is 1.51. The Morgan fingerprint density at radius 1 is 1.17 bits per heavy atom. The van der Waals surface area contributed by atoms with E-state index in [-0.39, 0.29) is 11.7 Å². The molecular formula is C18H16N2O3. The molecule has 1 amide bonds. The molecule has 0 aliphatic rings. The molecule has 0 saturated carbocycles. The molecule has 1 aromatic heterocycles. The van der Waals surface area contributed by atoms with Gasteiger partial charge in [0.15, 0.2) is 11.5 Å². The van der Waals surface area contributed by atoms with Crippen molar-refractivity contribution in [2.24, 2.45) is 0 Å². The van der Waals surface area contributed by atoms with Gasteiger partial charge < -0.3 is 15.2 Å². The van der Waals surface area contributed by atoms with Crippen molar-refractivity contribution in [2.45, 2.75) is 6.92 Å². The van der Waals surface area contributed by atoms with Crippen molar-refractivity contribution in [3.05, 3.63) is 48.7 Å². The number of pyridine rings is 1. The molecule has 5 heteroatoms. The summed E-state index contributed by atoms with van der Waals surface area (Å²) in [5, 5.41) is 14.4. The van der Waals surface area contributed by atoms with E-state index >= 15 is 0 Å². The van der Waals surface area contributed by atoms with Gasteiger partial charge in [0.05, 0.1) is 12.8 Å². The first-order chi connectivity index (χ1) is 11.1. The van der Waals surface area contributed by atoms with Gasteiger partial charge >= 0.3 is 0 Å². The number of nitrogens with zero attached hydrogens (tertiary/aromatic N) is 1. The summed E-state index contributed by atoms with van der Waals surface area (Å²) in [6, 6.07) is 12.9. The number of fused-ring (bicyclic) bond motifs is 1. The highest BCUT2D eigenvalue weighted by atomic mass is 16.5. The standard InChI is InChI=1S/C18H16N2O3/c1-11(21)20-14-6-3-12(4-7-14)16-9-13-5-8-17(23-2)18(22)15(13)10-19-16/h3-10,22H,1-2H3,(H,20,21). The molecule has 116 valence electrons. The Balaban J connectivity index is 1.98. The van der Waals surface area contributed by atoms with E-state index in [4.69, 9.17) is 4.74 Å². The average Bonchev–Trinajstić information content (AvgIpc) is 2.55. The van der Waals surface area contributed by atoms with Crippen LogP contribution in [0.3, 0.4) is 0 Å². The van der Waals surface area contributed by atoms with Crippen LogP contribution in [0.2, 0.25) is 0 Å². The number of nitrogens with one attached hydrogen (secondary N) is 1. The van der Waals surface area contributed by atoms with Crippen molar-refractivity contribution in [2.75, 3.05) is 12.4 Å². The van der Waals surface area contributed by atoms with Gasteiger partial charge in [0.2, 0.25) is 5.91 Å². The number of amides is 1. The second kappa shape index (κ2) is 5.96. The van der Waals surface area contributed by atoms with E-state index in [0.29, 0.717) is 11.1 Å². The first-order valence-electron chi connectivity index (χ1n) is 7.12. The molecule has 0 spiro atoms. The van der Waals surface area contributed by atoms with E-state index in [1.807, 2.05) is 36.4 Å². The van der Waals surface area contributed by atoms with E-state index in [1.54, 1.807) is 12.3 Å². The zero-order valence-corrected chi connectivity index (χ0v) is 12.8. The second-order valence-corrected chi connectivity index (χ2v) is 5.17. The Labute approximate surface area is 133 Å². The fourth-order valence-electron chi connectivity index (χ4n) is 2.43. The third kappa shape index (κ3) is 2.94. The lowest BCUT2D eigenvalue weighted by molar-refractivity contribution is -0.114. The molecule has 1 heterocycles. The molecule has 3 rings (SSSR count). The lowest BCUT2D eigenvalue weighted by atomic mass is 10.1. The normalized spacial score (nSPS) is 10.5. The molecule has 23 heavy (non-hydrogen) atoms. The van der Waals surface area contributed by atoms with Crippen molar-refractivity contribution >= 4 is 22.4 Å². The molecule has 0 unspecified atom stereocenters. The van der Waals surface area contributed by atoms with Crippen LogP contribution in [0.1, 0.15) is 6.92 Å². The monoisotopic (exact) mass is 308 g/mol. The zero-order valence-electron chi connectivity index (χ0n) is 12.8. The first-order valence-corrected chi connectivity index (χ1v) is 7.12. The summed E-state index contributed by atoms with van der Waals surface area (Å²) >= 11 is 0. The van der Waals surface area contributed by atoms with E-state index in [0.717, 1.165) is 22.3 Å². The fourth-order valence-corrected chi connectivity index (χ4v) is 2.43. The Hall–Kier alpha value is -3.08. The third-order valence-corrected chi connectivity index (χ3v) is 3.56. The Morgan fingerprint density at radius 3 is 2.57 bits per heavy atom. The number of phenols is 1. The minimum atomic E-state index is -0.106. The topological polar surface area (TPSA) is 71.5 Å². The number of rotatable bonds is 3. The van der Waals surface area contributed by atoms with Crippen LogP contribution in [0.5, 0.6) is 11.5 Å². The third-order valence-electron chi connectivity index (χ3n) is 3.56. The molecule has 2 aromatic carbocycles. The number of methoxy groups -OCH3 is 1. The number of benzene rings is 2. The number of ether oxygens (including phenoxy) is 1. The second-order valence-electron chi connectivity index (χ2n) is 5.17. The molecule has 0 saturated heterocycles. The number of carbonyl (C=O) groups is 1. The van der Waals surface area contributed by atoms with Gasteiger partial charge in [0.1, 0.15) is 0 Å². The van der Waals surface area contributed by atoms with Gasteiger partial charge in [0.25, 0.3) is 0 Å². The molecule has 3 aromatic rings. The van der Waals surface area contributed by atoms with Crippen LogP contribution >= 0.6 is 0 Å². The Kier molecular flexibility index (Phi) is 3.85. The molecule has 0 atom stereocenters. The number of anilines is 1. The summed E-state index contributed by atoms with van der Waals surface area (Å²) in [5.41, 5.74) is 2.46. The van der Waals surface area contributed by atoms with E-state index in [9.17, 15) is 9.90 Å². The van der Waals surface area contributed by atoms with Gasteiger partial charge in [-0.3, -0.25) is 9.78 Å². The number of carbonyl (C=O) groups excluding carboxylic acids is 1. The number of phenolic OH excluding ortho intramolecular Hbond substituents is 1. The lowest BCUT2D eigenvalue weighted by Gasteiger charge is -2.08. The quantitative estimate of drug-likeness (QED) is 0.776. The summed E-state index contributed by atoms with van der Waals surface area (Å²) in [4.78, 5) is 15.4. The smallest absolute Gasteiger partial charge is 0.221 e. The van der Waals surface area contributed by atoms with Crippen LogP contribution in [0.4, 0.5) is 5.69 Å². The molecule has 5 nitrogen and oxygen atoms in total. The molecule has 0 radical (unpaired) electrons. The van der Waals surface area contributed by atoms with Crippen molar-refractivity contribution in [3.8, 4) is 22.8 Å². The minimum Gasteiger partial charge on any atom is -0.504 e.